The number of carbonyl (C=O) groups excluding carboxylic acids is 15. The van der Waals surface area contributed by atoms with Crippen LogP contribution in [0.3, 0.4) is 0 Å². The number of nitrogens with zero attached hydrogens (tertiary/aromatic N) is 3. The van der Waals surface area contributed by atoms with Gasteiger partial charge in [0.1, 0.15) is 84.6 Å². The molecular weight excluding hydrogens is 1630 g/mol. The standard InChI is InChI=1S/C66H107N21O26S4/c1-29(2)49(62(109)78-37(14-18-117-6)54(101)82-41(24-88)60(107)74-30(3)51(98)72-23-45(91)75-35(11-12-46(92)93)53(100)83-42(25-89)65(112)113)85-59(106)40(21-48(96)97)80-61(108)44-10-8-16-87(44)64(111)43(27-115)84-55(102)36(13-17-116-5)77-58(105)39(20-47(94)95)79-57(104)38(19-32-22-70-28-73-32)81-63(110)50(31(4)90)86-56(103)34(9-7-15-71-66(68)69)76-52(99)33(67)26-114/h22,28-31,33-44,49-50,88-90,114-115H,7-21,23-27,67H2,1-6H3,(H,70,73)(H,72,98)(H,74,107)(H,75,91)(H,76,99)(H,77,105)(H,78,109)(H,79,104)(H,80,108)(H,81,110)(H,82,101)(H,83,100)(H,84,102)(H,85,106)(H,86,103)(H,92,93)(H,94,95)(H,96,97)(H,112,113)(H4,68,69,71)/t30-,31+,33-,34-,35-,36-,37-,38-,39-,40-,41-,42-,43-,44-,49-,50-/m0/s1. The summed E-state index contributed by atoms with van der Waals surface area (Å²) in [5, 5.41) is 101. The number of rotatable bonds is 55. The summed E-state index contributed by atoms with van der Waals surface area (Å²) in [6, 6.07) is -24.6. The highest BCUT2D eigenvalue weighted by atomic mass is 32.2. The zero-order valence-corrected chi connectivity index (χ0v) is 68.2. The number of aliphatic hydroxyl groups is 3. The second-order valence-electron chi connectivity index (χ2n) is 26.9. The number of nitrogens with one attached hydrogen (secondary N) is 15. The number of H-pyrrole nitrogens is 1. The Bertz CT molecular complexity index is 3640. The number of carbonyl (C=O) groups is 19. The van der Waals surface area contributed by atoms with Crippen molar-refractivity contribution in [2.45, 2.75) is 195 Å². The highest BCUT2D eigenvalue weighted by molar-refractivity contribution is 7.98. The third kappa shape index (κ3) is 36.8. The van der Waals surface area contributed by atoms with Crippen LogP contribution in [0, 0.1) is 5.92 Å². The van der Waals surface area contributed by atoms with Gasteiger partial charge in [-0.25, -0.2) is 9.78 Å². The van der Waals surface area contributed by atoms with Crippen LogP contribution in [0.5, 0.6) is 0 Å². The van der Waals surface area contributed by atoms with Crippen molar-refractivity contribution in [3.8, 4) is 0 Å². The van der Waals surface area contributed by atoms with Gasteiger partial charge < -0.3 is 137 Å². The van der Waals surface area contributed by atoms with Crippen LogP contribution in [0.4, 0.5) is 0 Å². The molecule has 16 atom stereocenters. The Balaban J connectivity index is 2.33. The van der Waals surface area contributed by atoms with Crippen molar-refractivity contribution in [2.75, 3.05) is 68.4 Å². The van der Waals surface area contributed by atoms with Gasteiger partial charge in [0.05, 0.1) is 51.1 Å². The Morgan fingerprint density at radius 1 is 0.547 bits per heavy atom. The molecule has 117 heavy (non-hydrogen) atoms. The number of imidazole rings is 1. The Hall–Kier alpha value is -10.4. The van der Waals surface area contributed by atoms with Crippen LogP contribution < -0.4 is 91.6 Å². The first-order valence-corrected chi connectivity index (χ1v) is 40.4. The van der Waals surface area contributed by atoms with Crippen molar-refractivity contribution in [1.29, 1.82) is 0 Å². The fourth-order valence-corrected chi connectivity index (χ4v) is 12.2. The van der Waals surface area contributed by atoms with E-state index in [0.717, 1.165) is 18.7 Å². The number of aliphatic hydroxyl groups excluding tert-OH is 3. The molecule has 2 rings (SSSR count). The first-order chi connectivity index (χ1) is 55.1. The van der Waals surface area contributed by atoms with Crippen LogP contribution >= 0.6 is 48.8 Å². The van der Waals surface area contributed by atoms with Crippen molar-refractivity contribution in [3.05, 3.63) is 18.2 Å². The number of likely N-dealkylation sites (tertiary alicyclic amines) is 1. The van der Waals surface area contributed by atoms with Gasteiger partial charge in [0.15, 0.2) is 5.96 Å². The summed E-state index contributed by atoms with van der Waals surface area (Å²) in [6.45, 7) is 1.99. The molecule has 0 aromatic carbocycles. The monoisotopic (exact) mass is 1740 g/mol. The van der Waals surface area contributed by atoms with Gasteiger partial charge in [-0.2, -0.15) is 48.8 Å². The number of amides is 15. The lowest BCUT2D eigenvalue weighted by Crippen LogP contribution is -2.62. The van der Waals surface area contributed by atoms with Gasteiger partial charge >= 0.3 is 23.9 Å². The molecule has 1 aliphatic rings. The lowest BCUT2D eigenvalue weighted by Gasteiger charge is -2.31. The number of thioether (sulfide) groups is 2. The number of aromatic nitrogens is 2. The lowest BCUT2D eigenvalue weighted by molar-refractivity contribution is -0.144. The van der Waals surface area contributed by atoms with Crippen molar-refractivity contribution in [3.63, 3.8) is 0 Å². The molecular formula is C66H107N21O26S4. The molecule has 15 amide bonds. The fourth-order valence-electron chi connectivity index (χ4n) is 10.9. The van der Waals surface area contributed by atoms with Crippen LogP contribution in [0.25, 0.3) is 0 Å². The van der Waals surface area contributed by atoms with Crippen LogP contribution in [-0.4, -0.2) is 334 Å². The molecule has 0 unspecified atom stereocenters. The van der Waals surface area contributed by atoms with Crippen molar-refractivity contribution < 1.29 is 127 Å². The van der Waals surface area contributed by atoms with E-state index in [-0.39, 0.29) is 80.5 Å². The second kappa shape index (κ2) is 53.1. The molecule has 28 N–H and O–H groups in total. The normalized spacial score (nSPS) is 16.2. The van der Waals surface area contributed by atoms with E-state index in [1.165, 1.54) is 49.9 Å². The third-order valence-corrected chi connectivity index (χ3v) is 19.3. The van der Waals surface area contributed by atoms with E-state index in [2.05, 4.69) is 109 Å². The first kappa shape index (κ1) is 103. The first-order valence-electron chi connectivity index (χ1n) is 36.4. The molecule has 47 nitrogen and oxygen atoms in total. The van der Waals surface area contributed by atoms with E-state index in [1.807, 2.05) is 5.32 Å². The zero-order chi connectivity index (χ0) is 88.5. The number of aliphatic imine (C=N–C) groups is 1. The molecule has 656 valence electrons. The predicted octanol–water partition coefficient (Wildman–Crippen LogP) is -11.0. The summed E-state index contributed by atoms with van der Waals surface area (Å²) in [4.78, 5) is 265. The second-order valence-corrected chi connectivity index (χ2v) is 29.6. The molecule has 0 bridgehead atoms. The summed E-state index contributed by atoms with van der Waals surface area (Å²) in [6.07, 6.45) is -0.0852. The van der Waals surface area contributed by atoms with E-state index in [9.17, 15) is 122 Å². The molecule has 1 aliphatic heterocycles. The fraction of sp³-hybridized carbons (Fsp3) is 0.652. The number of hydrogen-bond acceptors (Lipinski definition) is 29. The minimum atomic E-state index is -2.01. The van der Waals surface area contributed by atoms with Crippen LogP contribution in [0.2, 0.25) is 0 Å². The largest absolute Gasteiger partial charge is 0.481 e. The van der Waals surface area contributed by atoms with Gasteiger partial charge in [0.2, 0.25) is 88.6 Å². The summed E-state index contributed by atoms with van der Waals surface area (Å²) < 4.78 is 0. The van der Waals surface area contributed by atoms with Crippen LogP contribution in [0.15, 0.2) is 17.5 Å². The highest BCUT2D eigenvalue weighted by Crippen LogP contribution is 2.21. The quantitative estimate of drug-likeness (QED) is 0.0125. The number of aromatic amines is 1. The number of thiol groups is 2. The number of carboxylic acids is 4. The van der Waals surface area contributed by atoms with E-state index in [4.69, 9.17) is 22.3 Å². The Morgan fingerprint density at radius 2 is 1.01 bits per heavy atom. The topological polar surface area (TPSA) is 757 Å². The molecule has 0 saturated carbocycles. The number of guanidine groups is 1. The van der Waals surface area contributed by atoms with Gasteiger partial charge in [-0.05, 0) is 88.7 Å². The predicted molar refractivity (Wildman–Crippen MR) is 422 cm³/mol. The summed E-state index contributed by atoms with van der Waals surface area (Å²) in [5.41, 5.74) is 16.8. The molecule has 1 fully saturated rings. The van der Waals surface area contributed by atoms with Crippen LogP contribution in [-0.2, 0) is 97.5 Å². The summed E-state index contributed by atoms with van der Waals surface area (Å²) in [7, 11) is 0. The SMILES string of the molecule is CSCC[C@H](NC(=O)[C@H](CC(=O)O)NC(=O)[C@H](Cc1cnc[nH]1)NC(=O)[C@@H](NC(=O)[C@H](CCCN=C(N)N)NC(=O)[C@@H](N)CS)[C@@H](C)O)C(=O)N[C@@H](CS)C(=O)N1CCC[C@H]1C(=O)N[C@@H](CC(=O)O)C(=O)N[C@H](C(=O)N[C@@H](CCSC)C(=O)N[C@@H](CO)C(=O)N[C@@H](C)C(=O)NCC(=O)N[C@@H](CCC(=O)O)C(=O)N[C@@H](CO)C(=O)O)C(C)C. The van der Waals surface area contributed by atoms with Crippen molar-refractivity contribution >= 4 is 167 Å². The highest BCUT2D eigenvalue weighted by Gasteiger charge is 2.42. The number of carboxylic acid groups (broad SMARTS) is 4. The smallest absolute Gasteiger partial charge is 0.328 e. The molecule has 51 heteroatoms. The number of nitrogens with two attached hydrogens (primary N) is 3. The summed E-state index contributed by atoms with van der Waals surface area (Å²) >= 11 is 10.7. The Morgan fingerprint density at radius 3 is 1.51 bits per heavy atom. The van der Waals surface area contributed by atoms with E-state index < -0.39 is 273 Å². The molecule has 1 saturated heterocycles. The molecule has 2 heterocycles. The number of aliphatic carboxylic acids is 4. The van der Waals surface area contributed by atoms with Gasteiger partial charge in [-0.15, -0.1) is 0 Å². The van der Waals surface area contributed by atoms with Gasteiger partial charge in [0, 0.05) is 49.3 Å². The van der Waals surface area contributed by atoms with E-state index >= 15 is 0 Å². The maximum atomic E-state index is 14.4. The maximum Gasteiger partial charge on any atom is 0.328 e. The third-order valence-electron chi connectivity index (χ3n) is 17.3. The number of hydrogen-bond donors (Lipinski definition) is 27. The Labute approximate surface area is 689 Å². The maximum absolute atomic E-state index is 14.4. The average molecular weight is 1740 g/mol. The summed E-state index contributed by atoms with van der Waals surface area (Å²) in [5.74, 6) is -24.0. The minimum Gasteiger partial charge on any atom is -0.481 e. The molecule has 0 aliphatic carbocycles. The van der Waals surface area contributed by atoms with E-state index in [0.29, 0.717) is 0 Å². The van der Waals surface area contributed by atoms with Crippen LogP contribution in [0.1, 0.15) is 97.6 Å². The lowest BCUT2D eigenvalue weighted by atomic mass is 10.0. The molecule has 0 spiro atoms. The Kier molecular flexibility index (Phi) is 46.6. The van der Waals surface area contributed by atoms with E-state index in [1.54, 1.807) is 12.5 Å². The van der Waals surface area contributed by atoms with Gasteiger partial charge in [0.25, 0.3) is 0 Å². The van der Waals surface area contributed by atoms with Gasteiger partial charge in [-0.1, -0.05) is 13.8 Å². The molecule has 0 radical (unpaired) electrons. The molecule has 1 aromatic heterocycles. The van der Waals surface area contributed by atoms with Crippen molar-refractivity contribution in [1.82, 2.24) is 89.3 Å². The minimum absolute atomic E-state index is 0.0126. The van der Waals surface area contributed by atoms with Gasteiger partial charge in [-0.3, -0.25) is 91.3 Å². The zero-order valence-electron chi connectivity index (χ0n) is 64.8. The molecule has 1 aromatic rings. The average Bonchev–Trinajstić information content (AvgIpc) is 1.82. The van der Waals surface area contributed by atoms with Crippen molar-refractivity contribution in [2.24, 2.45) is 28.1 Å².